The van der Waals surface area contributed by atoms with Crippen LogP contribution >= 0.6 is 0 Å². The van der Waals surface area contributed by atoms with E-state index in [1.807, 2.05) is 13.0 Å². The van der Waals surface area contributed by atoms with E-state index in [0.29, 0.717) is 17.9 Å². The molecular weight excluding hydrogens is 230 g/mol. The lowest BCUT2D eigenvalue weighted by molar-refractivity contribution is 0.102. The Morgan fingerprint density at radius 3 is 2.72 bits per heavy atom. The number of hydrogen-bond donors (Lipinski definition) is 2. The molecule has 6 heteroatoms. The Labute approximate surface area is 105 Å². The molecule has 1 amide bonds. The van der Waals surface area contributed by atoms with E-state index in [2.05, 4.69) is 15.4 Å². The van der Waals surface area contributed by atoms with Crippen LogP contribution in [0.5, 0.6) is 0 Å². The summed E-state index contributed by atoms with van der Waals surface area (Å²) in [7, 11) is 1.79. The Balaban J connectivity index is 2.13. The molecule has 18 heavy (non-hydrogen) atoms. The fraction of sp³-hybridized carbons (Fsp3) is 0.250. The smallest absolute Gasteiger partial charge is 0.260 e. The van der Waals surface area contributed by atoms with Crippen molar-refractivity contribution in [2.75, 3.05) is 5.32 Å². The molecule has 2 heterocycles. The molecule has 94 valence electrons. The molecule has 0 bridgehead atoms. The number of aryl methyl sites for hydroxylation is 1. The zero-order valence-electron chi connectivity index (χ0n) is 10.3. The third-order valence-corrected chi connectivity index (χ3v) is 2.78. The maximum atomic E-state index is 12.0. The van der Waals surface area contributed by atoms with Crippen LogP contribution in [0.15, 0.2) is 24.5 Å². The fourth-order valence-corrected chi connectivity index (χ4v) is 1.52. The highest BCUT2D eigenvalue weighted by atomic mass is 16.1. The van der Waals surface area contributed by atoms with E-state index in [1.165, 1.54) is 0 Å². The molecule has 0 unspecified atom stereocenters. The molecule has 2 aromatic heterocycles. The van der Waals surface area contributed by atoms with Gasteiger partial charge >= 0.3 is 0 Å². The Kier molecular flexibility index (Phi) is 3.38. The topological polar surface area (TPSA) is 85.8 Å². The number of carbonyl (C=O) groups excluding carboxylic acids is 1. The number of carbonyl (C=O) groups is 1. The van der Waals surface area contributed by atoms with Crippen molar-refractivity contribution in [2.24, 2.45) is 12.8 Å². The molecule has 0 aromatic carbocycles. The first kappa shape index (κ1) is 12.3. The fourth-order valence-electron chi connectivity index (χ4n) is 1.52. The van der Waals surface area contributed by atoms with Crippen molar-refractivity contribution < 1.29 is 4.79 Å². The number of hydrogen-bond acceptors (Lipinski definition) is 4. The van der Waals surface area contributed by atoms with Gasteiger partial charge in [0, 0.05) is 25.5 Å². The van der Waals surface area contributed by atoms with Gasteiger partial charge < -0.3 is 11.1 Å². The third kappa shape index (κ3) is 2.38. The second kappa shape index (κ2) is 4.97. The van der Waals surface area contributed by atoms with Crippen LogP contribution in [0.4, 0.5) is 5.82 Å². The number of nitrogens with two attached hydrogens (primary N) is 1. The molecule has 3 N–H and O–H groups in total. The van der Waals surface area contributed by atoms with E-state index in [1.54, 1.807) is 30.2 Å². The van der Waals surface area contributed by atoms with Gasteiger partial charge in [0.15, 0.2) is 0 Å². The van der Waals surface area contributed by atoms with Gasteiger partial charge in [-0.3, -0.25) is 9.48 Å². The van der Waals surface area contributed by atoms with Crippen LogP contribution in [-0.2, 0) is 13.6 Å². The van der Waals surface area contributed by atoms with E-state index >= 15 is 0 Å². The quantitative estimate of drug-likeness (QED) is 0.838. The number of amides is 1. The van der Waals surface area contributed by atoms with Gasteiger partial charge in [-0.1, -0.05) is 6.07 Å². The van der Waals surface area contributed by atoms with Crippen molar-refractivity contribution in [1.82, 2.24) is 14.8 Å². The van der Waals surface area contributed by atoms with Crippen molar-refractivity contribution in [3.05, 3.63) is 41.3 Å². The molecule has 2 aromatic rings. The second-order valence-electron chi connectivity index (χ2n) is 3.98. The number of nitrogens with zero attached hydrogens (tertiary/aromatic N) is 3. The molecule has 6 nitrogen and oxygen atoms in total. The predicted octanol–water partition coefficient (Wildman–Crippen LogP) is 0.835. The van der Waals surface area contributed by atoms with Gasteiger partial charge in [0.1, 0.15) is 5.82 Å². The Morgan fingerprint density at radius 1 is 1.44 bits per heavy atom. The summed E-state index contributed by atoms with van der Waals surface area (Å²) in [4.78, 5) is 16.1. The van der Waals surface area contributed by atoms with E-state index < -0.39 is 0 Å². The van der Waals surface area contributed by atoms with Gasteiger partial charge in [-0.15, -0.1) is 0 Å². The average molecular weight is 245 g/mol. The first-order valence-electron chi connectivity index (χ1n) is 5.56. The highest BCUT2D eigenvalue weighted by Gasteiger charge is 2.13. The highest BCUT2D eigenvalue weighted by Crippen LogP contribution is 2.10. The van der Waals surface area contributed by atoms with Crippen molar-refractivity contribution in [2.45, 2.75) is 13.5 Å². The number of nitrogens with one attached hydrogen (secondary N) is 1. The lowest BCUT2D eigenvalue weighted by Crippen LogP contribution is -2.14. The lowest BCUT2D eigenvalue weighted by atomic mass is 10.2. The summed E-state index contributed by atoms with van der Waals surface area (Å²) in [5.41, 5.74) is 7.75. The SMILES string of the molecule is Cc1c(C(=O)Nc2ccc(CN)cn2)cnn1C. The predicted molar refractivity (Wildman–Crippen MR) is 68.0 cm³/mol. The maximum absolute atomic E-state index is 12.0. The number of rotatable bonds is 3. The minimum absolute atomic E-state index is 0.214. The van der Waals surface area contributed by atoms with Gasteiger partial charge in [-0.05, 0) is 18.6 Å². The molecule has 0 fully saturated rings. The van der Waals surface area contributed by atoms with E-state index in [-0.39, 0.29) is 5.91 Å². The molecule has 0 aliphatic rings. The van der Waals surface area contributed by atoms with Gasteiger partial charge in [0.05, 0.1) is 11.8 Å². The minimum Gasteiger partial charge on any atom is -0.326 e. The largest absolute Gasteiger partial charge is 0.326 e. The Bertz CT molecular complexity index is 558. The van der Waals surface area contributed by atoms with Crippen LogP contribution < -0.4 is 11.1 Å². The summed E-state index contributed by atoms with van der Waals surface area (Å²) in [5.74, 6) is 0.286. The zero-order valence-corrected chi connectivity index (χ0v) is 10.3. The molecule has 0 spiro atoms. The molecule has 0 saturated carbocycles. The van der Waals surface area contributed by atoms with Crippen molar-refractivity contribution in [3.63, 3.8) is 0 Å². The first-order valence-corrected chi connectivity index (χ1v) is 5.56. The monoisotopic (exact) mass is 245 g/mol. The summed E-state index contributed by atoms with van der Waals surface area (Å²) < 4.78 is 1.65. The Hall–Kier alpha value is -2.21. The summed E-state index contributed by atoms with van der Waals surface area (Å²) >= 11 is 0. The third-order valence-electron chi connectivity index (χ3n) is 2.78. The molecule has 0 aliphatic heterocycles. The van der Waals surface area contributed by atoms with Crippen LogP contribution in [0.2, 0.25) is 0 Å². The lowest BCUT2D eigenvalue weighted by Gasteiger charge is -2.04. The summed E-state index contributed by atoms with van der Waals surface area (Å²) in [5, 5.41) is 6.74. The zero-order chi connectivity index (χ0) is 13.1. The summed E-state index contributed by atoms with van der Waals surface area (Å²) in [6, 6.07) is 3.56. The Morgan fingerprint density at radius 2 is 2.22 bits per heavy atom. The molecule has 0 atom stereocenters. The number of pyridine rings is 1. The molecular formula is C12H15N5O. The van der Waals surface area contributed by atoms with Crippen LogP contribution in [0.1, 0.15) is 21.6 Å². The van der Waals surface area contributed by atoms with Gasteiger partial charge in [-0.2, -0.15) is 5.10 Å². The van der Waals surface area contributed by atoms with Crippen molar-refractivity contribution in [3.8, 4) is 0 Å². The first-order chi connectivity index (χ1) is 8.61. The van der Waals surface area contributed by atoms with Gasteiger partial charge in [0.25, 0.3) is 5.91 Å². The van der Waals surface area contributed by atoms with Crippen LogP contribution in [0, 0.1) is 6.92 Å². The van der Waals surface area contributed by atoms with Crippen LogP contribution in [0.25, 0.3) is 0 Å². The number of aromatic nitrogens is 3. The van der Waals surface area contributed by atoms with Crippen molar-refractivity contribution >= 4 is 11.7 Å². The highest BCUT2D eigenvalue weighted by molar-refractivity contribution is 6.04. The van der Waals surface area contributed by atoms with E-state index in [9.17, 15) is 4.79 Å². The summed E-state index contributed by atoms with van der Waals surface area (Å²) in [6.07, 6.45) is 3.19. The average Bonchev–Trinajstić information content (AvgIpc) is 2.71. The van der Waals surface area contributed by atoms with Crippen LogP contribution in [-0.4, -0.2) is 20.7 Å². The van der Waals surface area contributed by atoms with Gasteiger partial charge in [-0.25, -0.2) is 4.98 Å². The molecule has 2 rings (SSSR count). The number of anilines is 1. The van der Waals surface area contributed by atoms with Crippen LogP contribution in [0.3, 0.4) is 0 Å². The molecule has 0 saturated heterocycles. The van der Waals surface area contributed by atoms with E-state index in [0.717, 1.165) is 11.3 Å². The molecule has 0 radical (unpaired) electrons. The van der Waals surface area contributed by atoms with Gasteiger partial charge in [0.2, 0.25) is 0 Å². The van der Waals surface area contributed by atoms with Crippen molar-refractivity contribution in [1.29, 1.82) is 0 Å². The maximum Gasteiger partial charge on any atom is 0.260 e. The standard InChI is InChI=1S/C12H15N5O/c1-8-10(7-15-17(8)2)12(18)16-11-4-3-9(5-13)6-14-11/h3-4,6-7H,5,13H2,1-2H3,(H,14,16,18). The minimum atomic E-state index is -0.214. The van der Waals surface area contributed by atoms with E-state index in [4.69, 9.17) is 5.73 Å². The molecule has 0 aliphatic carbocycles. The second-order valence-corrected chi connectivity index (χ2v) is 3.98. The normalized spacial score (nSPS) is 10.4. The summed E-state index contributed by atoms with van der Waals surface area (Å²) in [6.45, 7) is 2.27.